The molecule has 0 fully saturated rings. The molecule has 0 saturated carbocycles. The largest absolute Gasteiger partial charge is 0.480 e. The van der Waals surface area contributed by atoms with Crippen molar-refractivity contribution in [2.75, 3.05) is 12.3 Å². The minimum atomic E-state index is -1.32. The van der Waals surface area contributed by atoms with Crippen LogP contribution in [0.25, 0.3) is 0 Å². The van der Waals surface area contributed by atoms with Crippen LogP contribution in [0, 0.1) is 5.92 Å². The Morgan fingerprint density at radius 1 is 1.08 bits per heavy atom. The van der Waals surface area contributed by atoms with Crippen molar-refractivity contribution in [2.24, 2.45) is 17.4 Å². The van der Waals surface area contributed by atoms with Crippen LogP contribution in [0.3, 0.4) is 0 Å². The zero-order valence-corrected chi connectivity index (χ0v) is 15.4. The number of amides is 4. The number of carbonyl (C=O) groups excluding carboxylic acids is 4. The van der Waals surface area contributed by atoms with Crippen molar-refractivity contribution in [3.05, 3.63) is 0 Å². The lowest BCUT2D eigenvalue weighted by Gasteiger charge is -2.20. The number of aliphatic carboxylic acids is 1. The van der Waals surface area contributed by atoms with Crippen molar-refractivity contribution in [1.29, 1.82) is 0 Å². The number of hydrogen-bond acceptors (Lipinski definition) is 7. The fraction of sp³-hybridized carbons (Fsp3) is 0.643. The van der Waals surface area contributed by atoms with Crippen LogP contribution in [-0.4, -0.2) is 65.1 Å². The zero-order chi connectivity index (χ0) is 20.4. The van der Waals surface area contributed by atoms with E-state index in [-0.39, 0.29) is 11.7 Å². The lowest BCUT2D eigenvalue weighted by molar-refractivity contribution is -0.143. The summed E-state index contributed by atoms with van der Waals surface area (Å²) in [5.74, 6) is -4.69. The van der Waals surface area contributed by atoms with Crippen molar-refractivity contribution >= 4 is 42.2 Å². The third kappa shape index (κ3) is 8.67. The van der Waals surface area contributed by atoms with Gasteiger partial charge in [-0.25, -0.2) is 4.79 Å². The van der Waals surface area contributed by atoms with Crippen molar-refractivity contribution in [2.45, 2.75) is 38.4 Å². The van der Waals surface area contributed by atoms with Gasteiger partial charge in [-0.05, 0) is 5.92 Å². The molecule has 0 saturated heterocycles. The van der Waals surface area contributed by atoms with Gasteiger partial charge in [-0.15, -0.1) is 0 Å². The molecular weight excluding hydrogens is 366 g/mol. The van der Waals surface area contributed by atoms with Gasteiger partial charge in [0.25, 0.3) is 0 Å². The maximum atomic E-state index is 12.1. The van der Waals surface area contributed by atoms with Gasteiger partial charge in [0, 0.05) is 5.75 Å². The first-order valence-electron chi connectivity index (χ1n) is 7.74. The van der Waals surface area contributed by atoms with E-state index in [9.17, 15) is 24.0 Å². The minimum Gasteiger partial charge on any atom is -0.480 e. The highest BCUT2D eigenvalue weighted by Crippen LogP contribution is 2.01. The van der Waals surface area contributed by atoms with E-state index >= 15 is 0 Å². The van der Waals surface area contributed by atoms with E-state index in [1.165, 1.54) is 0 Å². The van der Waals surface area contributed by atoms with E-state index < -0.39 is 60.7 Å². The second-order valence-electron chi connectivity index (χ2n) is 5.87. The van der Waals surface area contributed by atoms with E-state index in [2.05, 4.69) is 28.6 Å². The molecule has 148 valence electrons. The van der Waals surface area contributed by atoms with Crippen LogP contribution in [0.15, 0.2) is 0 Å². The number of carboxylic acid groups (broad SMARTS) is 1. The summed E-state index contributed by atoms with van der Waals surface area (Å²) in [5.41, 5.74) is 10.5. The second kappa shape index (κ2) is 11.3. The molecule has 0 rings (SSSR count). The molecule has 0 aliphatic rings. The summed E-state index contributed by atoms with van der Waals surface area (Å²) in [7, 11) is 0. The molecule has 3 atom stereocenters. The van der Waals surface area contributed by atoms with Crippen molar-refractivity contribution in [3.8, 4) is 0 Å². The molecule has 0 radical (unpaired) electrons. The highest BCUT2D eigenvalue weighted by molar-refractivity contribution is 7.80. The molecule has 3 unspecified atom stereocenters. The molecule has 0 bridgehead atoms. The first-order chi connectivity index (χ1) is 12.0. The fourth-order valence-electron chi connectivity index (χ4n) is 1.80. The standard InChI is InChI=1S/C14H25N5O6S/c1-6(2)11(14(24)25)19-10(21)4-17-13(23)8(3-9(16)20)18-12(22)7(15)5-26/h6-8,11,26H,3-5,15H2,1-2H3,(H2,16,20)(H,17,23)(H,18,22)(H,19,21)(H,24,25). The predicted octanol–water partition coefficient (Wildman–Crippen LogP) is -3.05. The SMILES string of the molecule is CC(C)C(NC(=O)CNC(=O)C(CC(N)=O)NC(=O)C(N)CS)C(=O)O. The van der Waals surface area contributed by atoms with Crippen LogP contribution < -0.4 is 27.4 Å². The Balaban J connectivity index is 4.78. The molecule has 0 heterocycles. The summed E-state index contributed by atoms with van der Waals surface area (Å²) < 4.78 is 0. The Morgan fingerprint density at radius 3 is 2.08 bits per heavy atom. The maximum absolute atomic E-state index is 12.1. The molecule has 0 aromatic carbocycles. The first kappa shape index (κ1) is 23.7. The molecule has 11 nitrogen and oxygen atoms in total. The summed E-state index contributed by atoms with van der Waals surface area (Å²) in [6.07, 6.45) is -0.498. The van der Waals surface area contributed by atoms with Crippen LogP contribution >= 0.6 is 12.6 Å². The Labute approximate surface area is 156 Å². The van der Waals surface area contributed by atoms with Gasteiger partial charge in [0.05, 0.1) is 19.0 Å². The Morgan fingerprint density at radius 2 is 1.65 bits per heavy atom. The Bertz CT molecular complexity index is 556. The van der Waals surface area contributed by atoms with E-state index in [4.69, 9.17) is 16.6 Å². The smallest absolute Gasteiger partial charge is 0.326 e. The number of carboxylic acids is 1. The predicted molar refractivity (Wildman–Crippen MR) is 95.0 cm³/mol. The summed E-state index contributed by atoms with van der Waals surface area (Å²) in [6.45, 7) is 2.68. The summed E-state index contributed by atoms with van der Waals surface area (Å²) in [5, 5.41) is 15.7. The van der Waals surface area contributed by atoms with Gasteiger partial charge in [0.1, 0.15) is 12.1 Å². The molecule has 8 N–H and O–H groups in total. The van der Waals surface area contributed by atoms with Crippen LogP contribution in [0.2, 0.25) is 0 Å². The highest BCUT2D eigenvalue weighted by atomic mass is 32.1. The molecule has 4 amide bonds. The quantitative estimate of drug-likeness (QED) is 0.182. The average Bonchev–Trinajstić information content (AvgIpc) is 2.54. The number of nitrogens with one attached hydrogen (secondary N) is 3. The van der Waals surface area contributed by atoms with Gasteiger partial charge in [-0.1, -0.05) is 13.8 Å². The van der Waals surface area contributed by atoms with Gasteiger partial charge >= 0.3 is 5.97 Å². The molecule has 0 aliphatic heterocycles. The first-order valence-corrected chi connectivity index (χ1v) is 8.37. The second-order valence-corrected chi connectivity index (χ2v) is 6.23. The van der Waals surface area contributed by atoms with E-state index in [0.29, 0.717) is 0 Å². The third-order valence-corrected chi connectivity index (χ3v) is 3.64. The molecule has 0 aromatic rings. The molecular formula is C14H25N5O6S. The lowest BCUT2D eigenvalue weighted by atomic mass is 10.0. The normalized spacial score (nSPS) is 14.0. The number of thiol groups is 1. The molecule has 12 heteroatoms. The monoisotopic (exact) mass is 391 g/mol. The number of primary amides is 1. The number of rotatable bonds is 11. The third-order valence-electron chi connectivity index (χ3n) is 3.24. The number of nitrogens with two attached hydrogens (primary N) is 2. The summed E-state index contributed by atoms with van der Waals surface area (Å²) >= 11 is 3.85. The molecule has 0 spiro atoms. The van der Waals surface area contributed by atoms with Crippen LogP contribution in [0.5, 0.6) is 0 Å². The van der Waals surface area contributed by atoms with Gasteiger partial charge in [0.15, 0.2) is 0 Å². The van der Waals surface area contributed by atoms with E-state index in [0.717, 1.165) is 0 Å². The van der Waals surface area contributed by atoms with Crippen LogP contribution in [0.4, 0.5) is 0 Å². The number of hydrogen-bond donors (Lipinski definition) is 7. The van der Waals surface area contributed by atoms with Crippen molar-refractivity contribution < 1.29 is 29.1 Å². The molecule has 26 heavy (non-hydrogen) atoms. The molecule has 0 aliphatic carbocycles. The van der Waals surface area contributed by atoms with Gasteiger partial charge in [0.2, 0.25) is 23.6 Å². The summed E-state index contributed by atoms with van der Waals surface area (Å²) in [4.78, 5) is 57.7. The average molecular weight is 391 g/mol. The van der Waals surface area contributed by atoms with Gasteiger partial charge in [-0.2, -0.15) is 12.6 Å². The Hall–Kier alpha value is -2.34. The highest BCUT2D eigenvalue weighted by Gasteiger charge is 2.27. The fourth-order valence-corrected chi connectivity index (χ4v) is 1.97. The Kier molecular flexibility index (Phi) is 10.3. The maximum Gasteiger partial charge on any atom is 0.326 e. The summed E-state index contributed by atoms with van der Waals surface area (Å²) in [6, 6.07) is -3.43. The topological polar surface area (TPSA) is 194 Å². The lowest BCUT2D eigenvalue weighted by Crippen LogP contribution is -2.55. The molecule has 0 aromatic heterocycles. The van der Waals surface area contributed by atoms with Crippen LogP contribution in [-0.2, 0) is 24.0 Å². The van der Waals surface area contributed by atoms with Gasteiger partial charge in [-0.3, -0.25) is 19.2 Å². The van der Waals surface area contributed by atoms with Crippen molar-refractivity contribution in [3.63, 3.8) is 0 Å². The van der Waals surface area contributed by atoms with Gasteiger partial charge < -0.3 is 32.5 Å². The van der Waals surface area contributed by atoms with E-state index in [1.807, 2.05) is 0 Å². The van der Waals surface area contributed by atoms with E-state index in [1.54, 1.807) is 13.8 Å². The van der Waals surface area contributed by atoms with Crippen LogP contribution in [0.1, 0.15) is 20.3 Å². The zero-order valence-electron chi connectivity index (χ0n) is 14.5. The van der Waals surface area contributed by atoms with Crippen molar-refractivity contribution in [1.82, 2.24) is 16.0 Å². The number of carbonyl (C=O) groups is 5. The minimum absolute atomic E-state index is 0.0188.